The molecular weight excluding hydrogens is 466 g/mol. The Morgan fingerprint density at radius 3 is 2.43 bits per heavy atom. The number of aliphatic imine (C=N–C) groups is 1. The molecule has 0 N–H and O–H groups in total. The minimum absolute atomic E-state index is 0.162. The zero-order valence-electron chi connectivity index (χ0n) is 20.4. The molecule has 1 unspecified atom stereocenters. The van der Waals surface area contributed by atoms with Crippen molar-refractivity contribution >= 4 is 11.4 Å². The van der Waals surface area contributed by atoms with Crippen LogP contribution in [0, 0.1) is 0 Å². The zero-order chi connectivity index (χ0) is 25.0. The molecule has 4 aromatic rings. The quantitative estimate of drug-likeness (QED) is 0.372. The molecule has 186 valence electrons. The van der Waals surface area contributed by atoms with Gasteiger partial charge in [0.1, 0.15) is 12.7 Å². The van der Waals surface area contributed by atoms with E-state index in [2.05, 4.69) is 35.3 Å². The maximum atomic E-state index is 12.8. The lowest BCUT2D eigenvalue weighted by Crippen LogP contribution is -2.34. The highest BCUT2D eigenvalue weighted by molar-refractivity contribution is 6.13. The third kappa shape index (κ3) is 5.09. The summed E-state index contributed by atoms with van der Waals surface area (Å²) in [6, 6.07) is 28.4. The molecule has 37 heavy (non-hydrogen) atoms. The van der Waals surface area contributed by atoms with E-state index in [9.17, 15) is 4.79 Å². The van der Waals surface area contributed by atoms with Crippen molar-refractivity contribution in [1.29, 1.82) is 0 Å². The number of hydrogen-bond acceptors (Lipinski definition) is 6. The van der Waals surface area contributed by atoms with Crippen molar-refractivity contribution in [2.75, 3.05) is 26.4 Å². The Morgan fingerprint density at radius 1 is 0.973 bits per heavy atom. The number of rotatable bonds is 6. The van der Waals surface area contributed by atoms with E-state index in [1.54, 1.807) is 4.57 Å². The van der Waals surface area contributed by atoms with Crippen LogP contribution < -0.4 is 10.4 Å². The smallest absolute Gasteiger partial charge is 0.351 e. The normalized spacial score (nSPS) is 16.4. The van der Waals surface area contributed by atoms with Crippen molar-refractivity contribution in [2.45, 2.75) is 19.1 Å². The first kappa shape index (κ1) is 23.3. The molecule has 0 radical (unpaired) electrons. The fourth-order valence-corrected chi connectivity index (χ4v) is 4.76. The first-order valence-electron chi connectivity index (χ1n) is 12.5. The van der Waals surface area contributed by atoms with Crippen molar-refractivity contribution in [3.8, 4) is 17.1 Å². The Morgan fingerprint density at radius 2 is 1.73 bits per heavy atom. The maximum absolute atomic E-state index is 12.8. The molecule has 2 aliphatic heterocycles. The molecule has 7 heteroatoms. The number of aryl methyl sites for hydroxylation is 1. The second-order valence-electron chi connectivity index (χ2n) is 9.08. The van der Waals surface area contributed by atoms with Gasteiger partial charge in [-0.3, -0.25) is 4.57 Å². The molecule has 3 aromatic carbocycles. The van der Waals surface area contributed by atoms with Crippen LogP contribution in [0.2, 0.25) is 0 Å². The topological polar surface area (TPSA) is 74.9 Å². The van der Waals surface area contributed by atoms with Crippen molar-refractivity contribution in [2.24, 2.45) is 4.99 Å². The lowest BCUT2D eigenvalue weighted by molar-refractivity contribution is -0.102. The van der Waals surface area contributed by atoms with Gasteiger partial charge in [-0.1, -0.05) is 66.7 Å². The van der Waals surface area contributed by atoms with E-state index < -0.39 is 0 Å². The van der Waals surface area contributed by atoms with Gasteiger partial charge in [-0.2, -0.15) is 4.98 Å². The molecular formula is C30H27N3O4. The van der Waals surface area contributed by atoms with Gasteiger partial charge in [0.25, 0.3) is 0 Å². The lowest BCUT2D eigenvalue weighted by atomic mass is 9.97. The number of fused-ring (bicyclic) bond motifs is 3. The van der Waals surface area contributed by atoms with Gasteiger partial charge in [0, 0.05) is 29.3 Å². The molecule has 6 rings (SSSR count). The third-order valence-electron chi connectivity index (χ3n) is 6.59. The van der Waals surface area contributed by atoms with E-state index in [-0.39, 0.29) is 18.4 Å². The summed E-state index contributed by atoms with van der Waals surface area (Å²) in [6.45, 7) is 2.46. The van der Waals surface area contributed by atoms with E-state index >= 15 is 0 Å². The van der Waals surface area contributed by atoms with Crippen LogP contribution in [0.25, 0.3) is 11.3 Å². The van der Waals surface area contributed by atoms with Crippen LogP contribution in [0.1, 0.15) is 16.7 Å². The number of aromatic nitrogens is 2. The first-order chi connectivity index (χ1) is 18.2. The van der Waals surface area contributed by atoms with Crippen molar-refractivity contribution < 1.29 is 14.2 Å². The molecule has 0 bridgehead atoms. The SMILES string of the molecule is O=c1nc(OCC2COCCO2)cc2n1CCc1cc(N=C(c3ccccc3)c3ccccc3)ccc1-2. The highest BCUT2D eigenvalue weighted by Crippen LogP contribution is 2.33. The number of ether oxygens (including phenoxy) is 3. The van der Waals surface area contributed by atoms with Crippen LogP contribution in [-0.4, -0.2) is 47.8 Å². The van der Waals surface area contributed by atoms with Gasteiger partial charge in [-0.15, -0.1) is 0 Å². The van der Waals surface area contributed by atoms with Crippen LogP contribution in [0.4, 0.5) is 5.69 Å². The van der Waals surface area contributed by atoms with Crippen LogP contribution in [0.5, 0.6) is 5.88 Å². The third-order valence-corrected chi connectivity index (χ3v) is 6.59. The Bertz CT molecular complexity index is 1430. The van der Waals surface area contributed by atoms with Gasteiger partial charge in [0.05, 0.1) is 36.9 Å². The van der Waals surface area contributed by atoms with Gasteiger partial charge in [0.15, 0.2) is 0 Å². The van der Waals surface area contributed by atoms with E-state index in [1.165, 1.54) is 0 Å². The molecule has 1 atom stereocenters. The molecule has 3 heterocycles. The Kier molecular flexibility index (Phi) is 6.62. The fraction of sp³-hybridized carbons (Fsp3) is 0.233. The fourth-order valence-electron chi connectivity index (χ4n) is 4.76. The lowest BCUT2D eigenvalue weighted by Gasteiger charge is -2.24. The number of nitrogens with zero attached hydrogens (tertiary/aromatic N) is 3. The summed E-state index contributed by atoms with van der Waals surface area (Å²) < 4.78 is 18.6. The summed E-state index contributed by atoms with van der Waals surface area (Å²) in [6.07, 6.45) is 0.567. The maximum Gasteiger partial charge on any atom is 0.351 e. The number of hydrogen-bond donors (Lipinski definition) is 0. The molecule has 1 saturated heterocycles. The minimum atomic E-state index is -0.309. The second kappa shape index (κ2) is 10.5. The summed E-state index contributed by atoms with van der Waals surface area (Å²) in [7, 11) is 0. The molecule has 2 aliphatic rings. The second-order valence-corrected chi connectivity index (χ2v) is 9.08. The Hall–Kier alpha value is -4.07. The summed E-state index contributed by atoms with van der Waals surface area (Å²) >= 11 is 0. The Labute approximate surface area is 215 Å². The Balaban J connectivity index is 1.33. The molecule has 1 aromatic heterocycles. The van der Waals surface area contributed by atoms with Gasteiger partial charge in [0.2, 0.25) is 5.88 Å². The van der Waals surface area contributed by atoms with Crippen LogP contribution in [-0.2, 0) is 22.4 Å². The average Bonchev–Trinajstić information content (AvgIpc) is 2.96. The summed E-state index contributed by atoms with van der Waals surface area (Å²) in [4.78, 5) is 22.0. The molecule has 1 fully saturated rings. The molecule has 0 aliphatic carbocycles. The molecule has 0 amide bonds. The largest absolute Gasteiger partial charge is 0.475 e. The minimum Gasteiger partial charge on any atom is -0.475 e. The van der Waals surface area contributed by atoms with Crippen LogP contribution in [0.3, 0.4) is 0 Å². The van der Waals surface area contributed by atoms with Crippen molar-refractivity contribution in [3.05, 3.63) is 112 Å². The van der Waals surface area contributed by atoms with Crippen LogP contribution >= 0.6 is 0 Å². The molecule has 0 spiro atoms. The summed E-state index contributed by atoms with van der Waals surface area (Å²) in [5.41, 5.74) is 6.54. The summed E-state index contributed by atoms with van der Waals surface area (Å²) in [5, 5.41) is 0. The predicted octanol–water partition coefficient (Wildman–Crippen LogP) is 4.43. The van der Waals surface area contributed by atoms with Crippen molar-refractivity contribution in [1.82, 2.24) is 9.55 Å². The van der Waals surface area contributed by atoms with E-state index in [4.69, 9.17) is 19.2 Å². The predicted molar refractivity (Wildman–Crippen MR) is 142 cm³/mol. The highest BCUT2D eigenvalue weighted by Gasteiger charge is 2.21. The first-order valence-corrected chi connectivity index (χ1v) is 12.5. The monoisotopic (exact) mass is 493 g/mol. The summed E-state index contributed by atoms with van der Waals surface area (Å²) in [5.74, 6) is 0.302. The molecule has 0 saturated carbocycles. The van der Waals surface area contributed by atoms with Gasteiger partial charge in [-0.25, -0.2) is 9.79 Å². The van der Waals surface area contributed by atoms with Gasteiger partial charge >= 0.3 is 5.69 Å². The van der Waals surface area contributed by atoms with Gasteiger partial charge in [-0.05, 0) is 24.1 Å². The molecule has 7 nitrogen and oxygen atoms in total. The standard InChI is InChI=1S/C30H27N3O4/c34-30-32-28(37-20-25-19-35-15-16-36-25)18-27-26-12-11-24(17-23(26)13-14-33(27)30)31-29(21-7-3-1-4-8-21)22-9-5-2-6-10-22/h1-12,17-18,25H,13-16,19-20H2. The van der Waals surface area contributed by atoms with E-state index in [0.717, 1.165) is 45.8 Å². The van der Waals surface area contributed by atoms with Crippen molar-refractivity contribution in [3.63, 3.8) is 0 Å². The van der Waals surface area contributed by atoms with E-state index in [1.807, 2.05) is 54.6 Å². The zero-order valence-corrected chi connectivity index (χ0v) is 20.4. The number of benzene rings is 3. The van der Waals surface area contributed by atoms with E-state index in [0.29, 0.717) is 32.2 Å². The van der Waals surface area contributed by atoms with Crippen LogP contribution in [0.15, 0.2) is 94.7 Å². The highest BCUT2D eigenvalue weighted by atomic mass is 16.6. The van der Waals surface area contributed by atoms with Gasteiger partial charge < -0.3 is 14.2 Å². The average molecular weight is 494 g/mol.